The van der Waals surface area contributed by atoms with Crippen molar-refractivity contribution in [3.8, 4) is 0 Å². The van der Waals surface area contributed by atoms with E-state index >= 15 is 0 Å². The van der Waals surface area contributed by atoms with Crippen LogP contribution >= 0.6 is 0 Å². The van der Waals surface area contributed by atoms with Crippen LogP contribution in [0.5, 0.6) is 0 Å². The van der Waals surface area contributed by atoms with Crippen LogP contribution in [0.15, 0.2) is 0 Å². The molecule has 114 valence electrons. The zero-order valence-corrected chi connectivity index (χ0v) is 11.9. The second kappa shape index (κ2) is 9.30. The zero-order valence-electron chi connectivity index (χ0n) is 11.9. The highest BCUT2D eigenvalue weighted by atomic mass is 16.5. The molecule has 2 amide bonds. The van der Waals surface area contributed by atoms with Crippen molar-refractivity contribution >= 4 is 17.8 Å². The van der Waals surface area contributed by atoms with Crippen LogP contribution in [0, 0.1) is 0 Å². The number of carbonyl (C=O) groups excluding carboxylic acids is 3. The SMILES string of the molecule is CCOC(=O)CCC(=O)NCCC(=O)N1CCOCC1. The van der Waals surface area contributed by atoms with Crippen molar-refractivity contribution in [3.63, 3.8) is 0 Å². The molecule has 1 heterocycles. The number of carbonyl (C=O) groups is 3. The van der Waals surface area contributed by atoms with Crippen LogP contribution in [0.25, 0.3) is 0 Å². The molecule has 0 aromatic heterocycles. The molecule has 1 fully saturated rings. The number of nitrogens with one attached hydrogen (secondary N) is 1. The average molecular weight is 286 g/mol. The molecular weight excluding hydrogens is 264 g/mol. The van der Waals surface area contributed by atoms with Gasteiger partial charge in [-0.05, 0) is 6.92 Å². The molecule has 1 N–H and O–H groups in total. The van der Waals surface area contributed by atoms with E-state index in [1.165, 1.54) is 0 Å². The first-order chi connectivity index (χ1) is 9.63. The minimum Gasteiger partial charge on any atom is -0.466 e. The quantitative estimate of drug-likeness (QED) is 0.649. The van der Waals surface area contributed by atoms with E-state index in [1.807, 2.05) is 0 Å². The molecule has 7 heteroatoms. The summed E-state index contributed by atoms with van der Waals surface area (Å²) in [5, 5.41) is 2.62. The topological polar surface area (TPSA) is 84.9 Å². The minimum atomic E-state index is -0.382. The van der Waals surface area contributed by atoms with Crippen LogP contribution in [0.2, 0.25) is 0 Å². The maximum Gasteiger partial charge on any atom is 0.306 e. The number of amides is 2. The predicted octanol–water partition coefficient (Wildman–Crippen LogP) is -0.305. The van der Waals surface area contributed by atoms with Crippen LogP contribution in [0.1, 0.15) is 26.2 Å². The lowest BCUT2D eigenvalue weighted by atomic mass is 10.3. The lowest BCUT2D eigenvalue weighted by molar-refractivity contribution is -0.144. The number of esters is 1. The van der Waals surface area contributed by atoms with Gasteiger partial charge in [0, 0.05) is 32.5 Å². The summed E-state index contributed by atoms with van der Waals surface area (Å²) in [6.45, 7) is 4.67. The maximum atomic E-state index is 11.8. The summed E-state index contributed by atoms with van der Waals surface area (Å²) in [6, 6.07) is 0. The Bertz CT molecular complexity index is 340. The monoisotopic (exact) mass is 286 g/mol. The van der Waals surface area contributed by atoms with Crippen molar-refractivity contribution in [2.75, 3.05) is 39.5 Å². The smallest absolute Gasteiger partial charge is 0.306 e. The fraction of sp³-hybridized carbons (Fsp3) is 0.769. The Kier molecular flexibility index (Phi) is 7.64. The molecule has 0 aliphatic carbocycles. The first kappa shape index (κ1) is 16.4. The number of nitrogens with zero attached hydrogens (tertiary/aromatic N) is 1. The van der Waals surface area contributed by atoms with Crippen molar-refractivity contribution < 1.29 is 23.9 Å². The van der Waals surface area contributed by atoms with Gasteiger partial charge in [-0.15, -0.1) is 0 Å². The van der Waals surface area contributed by atoms with Gasteiger partial charge in [0.25, 0.3) is 0 Å². The Hall–Kier alpha value is -1.63. The summed E-state index contributed by atoms with van der Waals surface area (Å²) < 4.78 is 9.88. The maximum absolute atomic E-state index is 11.8. The molecule has 0 radical (unpaired) electrons. The first-order valence-corrected chi connectivity index (χ1v) is 6.91. The molecule has 0 spiro atoms. The van der Waals surface area contributed by atoms with Gasteiger partial charge in [0.05, 0.1) is 26.2 Å². The Balaban J connectivity index is 2.08. The molecule has 1 rings (SSSR count). The molecule has 0 bridgehead atoms. The van der Waals surface area contributed by atoms with Gasteiger partial charge in [0.2, 0.25) is 11.8 Å². The third-order valence-corrected chi connectivity index (χ3v) is 2.89. The number of ether oxygens (including phenoxy) is 2. The highest BCUT2D eigenvalue weighted by Gasteiger charge is 2.16. The van der Waals surface area contributed by atoms with Gasteiger partial charge < -0.3 is 19.7 Å². The summed E-state index contributed by atoms with van der Waals surface area (Å²) in [6.07, 6.45) is 0.423. The standard InChI is InChI=1S/C13H22N2O5/c1-2-20-13(18)4-3-11(16)14-6-5-12(17)15-7-9-19-10-8-15/h2-10H2,1H3,(H,14,16). The van der Waals surface area contributed by atoms with Gasteiger partial charge in [-0.1, -0.05) is 0 Å². The van der Waals surface area contributed by atoms with Gasteiger partial charge in [-0.3, -0.25) is 14.4 Å². The van der Waals surface area contributed by atoms with Gasteiger partial charge in [-0.2, -0.15) is 0 Å². The fourth-order valence-corrected chi connectivity index (χ4v) is 1.82. The first-order valence-electron chi connectivity index (χ1n) is 6.91. The zero-order chi connectivity index (χ0) is 14.8. The molecule has 0 unspecified atom stereocenters. The van der Waals surface area contributed by atoms with Gasteiger partial charge in [0.15, 0.2) is 0 Å². The molecular formula is C13H22N2O5. The third-order valence-electron chi connectivity index (χ3n) is 2.89. The molecule has 0 atom stereocenters. The second-order valence-corrected chi connectivity index (χ2v) is 4.40. The number of rotatable bonds is 7. The molecule has 0 saturated carbocycles. The van der Waals surface area contributed by atoms with E-state index in [-0.39, 0.29) is 43.6 Å². The van der Waals surface area contributed by atoms with Crippen LogP contribution in [-0.2, 0) is 23.9 Å². The Morgan fingerprint density at radius 2 is 1.85 bits per heavy atom. The van der Waals surface area contributed by atoms with Crippen molar-refractivity contribution in [1.82, 2.24) is 10.2 Å². The Morgan fingerprint density at radius 1 is 1.15 bits per heavy atom. The minimum absolute atomic E-state index is 0.0130. The van der Waals surface area contributed by atoms with E-state index in [1.54, 1.807) is 11.8 Å². The van der Waals surface area contributed by atoms with Crippen LogP contribution in [0.4, 0.5) is 0 Å². The summed E-state index contributed by atoms with van der Waals surface area (Å²) in [5.41, 5.74) is 0. The Morgan fingerprint density at radius 3 is 2.50 bits per heavy atom. The van der Waals surface area contributed by atoms with E-state index in [9.17, 15) is 14.4 Å². The van der Waals surface area contributed by atoms with Crippen LogP contribution < -0.4 is 5.32 Å². The molecule has 0 aromatic rings. The summed E-state index contributed by atoms with van der Waals surface area (Å²) in [4.78, 5) is 36.0. The number of morpholine rings is 1. The number of hydrogen-bond acceptors (Lipinski definition) is 5. The fourth-order valence-electron chi connectivity index (χ4n) is 1.82. The van der Waals surface area contributed by atoms with Crippen molar-refractivity contribution in [2.45, 2.75) is 26.2 Å². The number of hydrogen-bond donors (Lipinski definition) is 1. The summed E-state index contributed by atoms with van der Waals surface area (Å²) in [7, 11) is 0. The van der Waals surface area contributed by atoms with E-state index in [2.05, 4.69) is 5.32 Å². The van der Waals surface area contributed by atoms with Crippen molar-refractivity contribution in [1.29, 1.82) is 0 Å². The highest BCUT2D eigenvalue weighted by Crippen LogP contribution is 1.99. The van der Waals surface area contributed by atoms with Crippen LogP contribution in [-0.4, -0.2) is 62.1 Å². The van der Waals surface area contributed by atoms with E-state index < -0.39 is 0 Å². The molecule has 0 aromatic carbocycles. The van der Waals surface area contributed by atoms with Gasteiger partial charge in [-0.25, -0.2) is 0 Å². The third kappa shape index (κ3) is 6.51. The van der Waals surface area contributed by atoms with Gasteiger partial charge >= 0.3 is 5.97 Å². The molecule has 7 nitrogen and oxygen atoms in total. The van der Waals surface area contributed by atoms with Crippen LogP contribution in [0.3, 0.4) is 0 Å². The molecule has 1 aliphatic rings. The predicted molar refractivity (Wildman–Crippen MR) is 70.9 cm³/mol. The largest absolute Gasteiger partial charge is 0.466 e. The van der Waals surface area contributed by atoms with Gasteiger partial charge in [0.1, 0.15) is 0 Å². The summed E-state index contributed by atoms with van der Waals surface area (Å²) >= 11 is 0. The highest BCUT2D eigenvalue weighted by molar-refractivity contribution is 5.82. The normalized spacial score (nSPS) is 14.8. The van der Waals surface area contributed by atoms with E-state index in [0.29, 0.717) is 32.9 Å². The molecule has 20 heavy (non-hydrogen) atoms. The average Bonchev–Trinajstić information content (AvgIpc) is 2.46. The summed E-state index contributed by atoms with van der Waals surface area (Å²) in [5.74, 6) is -0.612. The molecule has 1 saturated heterocycles. The van der Waals surface area contributed by atoms with Crippen molar-refractivity contribution in [2.24, 2.45) is 0 Å². The van der Waals surface area contributed by atoms with E-state index in [0.717, 1.165) is 0 Å². The van der Waals surface area contributed by atoms with E-state index in [4.69, 9.17) is 9.47 Å². The molecule has 1 aliphatic heterocycles. The second-order valence-electron chi connectivity index (χ2n) is 4.40. The van der Waals surface area contributed by atoms with Crippen molar-refractivity contribution in [3.05, 3.63) is 0 Å². The lowest BCUT2D eigenvalue weighted by Crippen LogP contribution is -2.42. The lowest BCUT2D eigenvalue weighted by Gasteiger charge is -2.26. The Labute approximate surface area is 118 Å².